The topological polar surface area (TPSA) is 83.0 Å². The number of alkyl halides is 3. The molecule has 2 aliphatic rings. The lowest BCUT2D eigenvalue weighted by molar-refractivity contribution is -0.274. The molecular formula is C28H32F3N3O4S. The van der Waals surface area contributed by atoms with E-state index < -0.39 is 21.9 Å². The van der Waals surface area contributed by atoms with Gasteiger partial charge in [-0.2, -0.15) is 0 Å². The highest BCUT2D eigenvalue weighted by Crippen LogP contribution is 2.39. The van der Waals surface area contributed by atoms with Crippen molar-refractivity contribution in [2.75, 3.05) is 31.1 Å². The third-order valence-electron chi connectivity index (χ3n) is 7.74. The van der Waals surface area contributed by atoms with Crippen molar-refractivity contribution in [2.24, 2.45) is 0 Å². The SMILES string of the molecule is CCc1ccc(S(=O)(=O)c2cnc3ccc(OC(F)(F)F)cc3c2N2CCC(N3CCC(O)CC3)CC2)cc1. The minimum atomic E-state index is -4.88. The van der Waals surface area contributed by atoms with Gasteiger partial charge in [-0.25, -0.2) is 8.42 Å². The highest BCUT2D eigenvalue weighted by atomic mass is 32.2. The zero-order chi connectivity index (χ0) is 27.8. The summed E-state index contributed by atoms with van der Waals surface area (Å²) in [4.78, 5) is 8.71. The van der Waals surface area contributed by atoms with Gasteiger partial charge in [0, 0.05) is 43.8 Å². The van der Waals surface area contributed by atoms with Gasteiger partial charge < -0.3 is 19.6 Å². The molecule has 7 nitrogen and oxygen atoms in total. The summed E-state index contributed by atoms with van der Waals surface area (Å²) in [5, 5.41) is 10.2. The van der Waals surface area contributed by atoms with Crippen LogP contribution in [0, 0.1) is 0 Å². The lowest BCUT2D eigenvalue weighted by atomic mass is 9.98. The Morgan fingerprint density at radius 2 is 1.67 bits per heavy atom. The molecule has 1 N–H and O–H groups in total. The van der Waals surface area contributed by atoms with Crippen molar-refractivity contribution < 1.29 is 31.4 Å². The number of likely N-dealkylation sites (tertiary alicyclic amines) is 1. The van der Waals surface area contributed by atoms with Gasteiger partial charge in [-0.1, -0.05) is 19.1 Å². The molecule has 3 aromatic rings. The van der Waals surface area contributed by atoms with Crippen LogP contribution in [0.1, 0.15) is 38.2 Å². The van der Waals surface area contributed by atoms with E-state index in [-0.39, 0.29) is 15.9 Å². The second kappa shape index (κ2) is 10.9. The molecule has 0 unspecified atom stereocenters. The third kappa shape index (κ3) is 6.00. The van der Waals surface area contributed by atoms with Crippen LogP contribution in [0.2, 0.25) is 0 Å². The molecule has 1 aromatic heterocycles. The maximum atomic E-state index is 13.9. The van der Waals surface area contributed by atoms with Crippen LogP contribution in [0.25, 0.3) is 10.9 Å². The molecule has 11 heteroatoms. The van der Waals surface area contributed by atoms with Gasteiger partial charge >= 0.3 is 6.36 Å². The van der Waals surface area contributed by atoms with E-state index in [2.05, 4.69) is 14.6 Å². The largest absolute Gasteiger partial charge is 0.573 e. The Kier molecular flexibility index (Phi) is 7.76. The van der Waals surface area contributed by atoms with Crippen LogP contribution in [-0.2, 0) is 16.3 Å². The number of halogens is 3. The van der Waals surface area contributed by atoms with E-state index in [1.54, 1.807) is 24.3 Å². The summed E-state index contributed by atoms with van der Waals surface area (Å²) in [6.07, 6.45) is -0.0814. The number of aromatic nitrogens is 1. The third-order valence-corrected chi connectivity index (χ3v) is 9.51. The van der Waals surface area contributed by atoms with Crippen molar-refractivity contribution >= 4 is 26.4 Å². The molecule has 0 aliphatic carbocycles. The summed E-state index contributed by atoms with van der Waals surface area (Å²) in [7, 11) is -4.03. The molecule has 0 spiro atoms. The monoisotopic (exact) mass is 563 g/mol. The highest BCUT2D eigenvalue weighted by molar-refractivity contribution is 7.91. The molecule has 0 bridgehead atoms. The van der Waals surface area contributed by atoms with Crippen LogP contribution in [0.4, 0.5) is 18.9 Å². The van der Waals surface area contributed by atoms with E-state index in [1.165, 1.54) is 24.4 Å². The second-order valence-electron chi connectivity index (χ2n) is 10.2. The number of nitrogens with zero attached hydrogens (tertiary/aromatic N) is 3. The summed E-state index contributed by atoms with van der Waals surface area (Å²) in [5.41, 5.74) is 1.72. The van der Waals surface area contributed by atoms with Gasteiger partial charge in [-0.3, -0.25) is 4.98 Å². The van der Waals surface area contributed by atoms with Gasteiger partial charge in [0.25, 0.3) is 0 Å². The van der Waals surface area contributed by atoms with E-state index in [9.17, 15) is 26.7 Å². The van der Waals surface area contributed by atoms with Gasteiger partial charge in [-0.15, -0.1) is 13.2 Å². The molecule has 0 saturated carbocycles. The average Bonchev–Trinajstić information content (AvgIpc) is 2.92. The number of hydrogen-bond donors (Lipinski definition) is 1. The number of benzene rings is 2. The minimum absolute atomic E-state index is 0.0389. The van der Waals surface area contributed by atoms with Crippen LogP contribution in [0.3, 0.4) is 0 Å². The molecule has 39 heavy (non-hydrogen) atoms. The Balaban J connectivity index is 1.55. The van der Waals surface area contributed by atoms with Crippen molar-refractivity contribution in [2.45, 2.75) is 67.3 Å². The fourth-order valence-corrected chi connectivity index (χ4v) is 7.03. The van der Waals surface area contributed by atoms with Crippen molar-refractivity contribution in [1.82, 2.24) is 9.88 Å². The Morgan fingerprint density at radius 3 is 2.28 bits per heavy atom. The number of aliphatic hydroxyl groups is 1. The van der Waals surface area contributed by atoms with E-state index in [0.29, 0.717) is 35.7 Å². The molecule has 0 radical (unpaired) electrons. The Morgan fingerprint density at radius 1 is 1.00 bits per heavy atom. The quantitative estimate of drug-likeness (QED) is 0.454. The van der Waals surface area contributed by atoms with Crippen molar-refractivity contribution in [3.8, 4) is 5.75 Å². The molecular weight excluding hydrogens is 531 g/mol. The van der Waals surface area contributed by atoms with Crippen molar-refractivity contribution in [3.63, 3.8) is 0 Å². The number of aryl methyl sites for hydroxylation is 1. The standard InChI is InChI=1S/C28H32F3N3O4S/c1-2-19-3-6-23(7-4-19)39(36,37)26-18-32-25-8-5-22(38-28(29,30)31)17-24(25)27(26)34-13-9-20(10-14-34)33-15-11-21(35)12-16-33/h3-8,17-18,20-21,35H,2,9-16H2,1H3. The summed E-state index contributed by atoms with van der Waals surface area (Å²) >= 11 is 0. The van der Waals surface area contributed by atoms with E-state index >= 15 is 0 Å². The number of sulfone groups is 1. The summed E-state index contributed by atoms with van der Waals surface area (Å²) in [6.45, 7) is 4.67. The van der Waals surface area contributed by atoms with Gasteiger partial charge in [0.2, 0.25) is 9.84 Å². The van der Waals surface area contributed by atoms with E-state index in [4.69, 9.17) is 0 Å². The lowest BCUT2D eigenvalue weighted by Crippen LogP contribution is -2.48. The first-order valence-corrected chi connectivity index (χ1v) is 14.7. The second-order valence-corrected chi connectivity index (χ2v) is 12.1. The van der Waals surface area contributed by atoms with Crippen LogP contribution >= 0.6 is 0 Å². The number of rotatable bonds is 6. The minimum Gasteiger partial charge on any atom is -0.406 e. The van der Waals surface area contributed by atoms with Crippen molar-refractivity contribution in [3.05, 3.63) is 54.2 Å². The number of ether oxygens (including phenoxy) is 1. The number of pyridine rings is 1. The fourth-order valence-electron chi connectivity index (χ4n) is 5.60. The Hall–Kier alpha value is -2.89. The number of fused-ring (bicyclic) bond motifs is 1. The van der Waals surface area contributed by atoms with Gasteiger partial charge in [0.15, 0.2) is 0 Å². The molecule has 0 atom stereocenters. The van der Waals surface area contributed by atoms with Gasteiger partial charge in [0.05, 0.1) is 22.2 Å². The van der Waals surface area contributed by atoms with Crippen LogP contribution in [0.15, 0.2) is 58.5 Å². The summed E-state index contributed by atoms with van der Waals surface area (Å²) < 4.78 is 71.0. The first kappa shape index (κ1) is 27.7. The predicted molar refractivity (Wildman–Crippen MR) is 142 cm³/mol. The summed E-state index contributed by atoms with van der Waals surface area (Å²) in [5.74, 6) is -0.429. The average molecular weight is 564 g/mol. The number of aliphatic hydroxyl groups excluding tert-OH is 1. The van der Waals surface area contributed by atoms with Gasteiger partial charge in [0.1, 0.15) is 10.6 Å². The summed E-state index contributed by atoms with van der Waals surface area (Å²) in [6, 6.07) is 10.8. The predicted octanol–water partition coefficient (Wildman–Crippen LogP) is 4.95. The molecule has 210 valence electrons. The fraction of sp³-hybridized carbons (Fsp3) is 0.464. The Bertz CT molecular complexity index is 1410. The number of anilines is 1. The molecule has 2 aliphatic heterocycles. The molecule has 2 fully saturated rings. The van der Waals surface area contributed by atoms with E-state index in [1.807, 2.05) is 11.8 Å². The van der Waals surface area contributed by atoms with Crippen LogP contribution in [-0.4, -0.2) is 68.1 Å². The maximum Gasteiger partial charge on any atom is 0.573 e. The van der Waals surface area contributed by atoms with Crippen LogP contribution < -0.4 is 9.64 Å². The zero-order valence-electron chi connectivity index (χ0n) is 21.7. The number of piperidine rings is 2. The first-order chi connectivity index (χ1) is 18.5. The highest BCUT2D eigenvalue weighted by Gasteiger charge is 2.34. The van der Waals surface area contributed by atoms with E-state index in [0.717, 1.165) is 50.8 Å². The molecule has 5 rings (SSSR count). The van der Waals surface area contributed by atoms with Crippen molar-refractivity contribution in [1.29, 1.82) is 0 Å². The molecule has 0 amide bonds. The Labute approximate surface area is 226 Å². The zero-order valence-corrected chi connectivity index (χ0v) is 22.5. The lowest BCUT2D eigenvalue weighted by Gasteiger charge is -2.42. The van der Waals surface area contributed by atoms with Crippen LogP contribution in [0.5, 0.6) is 5.75 Å². The van der Waals surface area contributed by atoms with Gasteiger partial charge in [-0.05, 0) is 68.0 Å². The molecule has 2 aromatic carbocycles. The smallest absolute Gasteiger partial charge is 0.406 e. The molecule has 2 saturated heterocycles. The molecule has 3 heterocycles. The maximum absolute atomic E-state index is 13.9. The number of hydrogen-bond acceptors (Lipinski definition) is 7. The first-order valence-electron chi connectivity index (χ1n) is 13.2. The normalized spacial score (nSPS) is 18.5.